The molecule has 6 nitrogen and oxygen atoms in total. The molecule has 0 radical (unpaired) electrons. The average Bonchev–Trinajstić information content (AvgIpc) is 2.52. The van der Waals surface area contributed by atoms with Crippen molar-refractivity contribution >= 4 is 18.1 Å². The molecule has 0 rings (SSSR count). The molecular weight excluding hydrogens is 296 g/mol. The molecule has 0 saturated carbocycles. The summed E-state index contributed by atoms with van der Waals surface area (Å²) in [5, 5.41) is 9.22. The third-order valence-corrected chi connectivity index (χ3v) is 3.99. The van der Waals surface area contributed by atoms with E-state index in [9.17, 15) is 19.5 Å². The number of carbonyl (C=O) groups excluding carboxylic acids is 2. The Morgan fingerprint density at radius 1 is 0.913 bits per heavy atom. The van der Waals surface area contributed by atoms with Crippen LogP contribution in [0.15, 0.2) is 9.98 Å². The van der Waals surface area contributed by atoms with E-state index in [-0.39, 0.29) is 12.1 Å². The van der Waals surface area contributed by atoms with Crippen LogP contribution in [0.3, 0.4) is 0 Å². The second-order valence-corrected chi connectivity index (χ2v) is 5.88. The Balaban J connectivity index is 4.61. The van der Waals surface area contributed by atoms with Gasteiger partial charge in [0.1, 0.15) is 0 Å². The topological polar surface area (TPSA) is 96.2 Å². The largest absolute Gasteiger partial charge is 0.481 e. The smallest absolute Gasteiger partial charge is 0.306 e. The Hall–Kier alpha value is -1.77. The van der Waals surface area contributed by atoms with Crippen LogP contribution in [0.4, 0.5) is 0 Å². The van der Waals surface area contributed by atoms with Gasteiger partial charge in [0.05, 0.1) is 18.0 Å². The standard InChI is InChI=1S/C17H28N2O4/c1-3-5-6-8-15(18-12-20)9-10-16(19-13-21)11-14(7-4-2)17(22)23/h14-16H,3-11H2,1-2H3,(H,22,23). The number of carboxylic acid groups (broad SMARTS) is 1. The van der Waals surface area contributed by atoms with E-state index in [1.807, 2.05) is 6.92 Å². The lowest BCUT2D eigenvalue weighted by Crippen LogP contribution is -2.21. The van der Waals surface area contributed by atoms with E-state index in [1.54, 1.807) is 6.08 Å². The predicted octanol–water partition coefficient (Wildman–Crippen LogP) is 3.65. The lowest BCUT2D eigenvalue weighted by atomic mass is 9.92. The molecule has 0 aromatic carbocycles. The zero-order valence-electron chi connectivity index (χ0n) is 14.2. The van der Waals surface area contributed by atoms with Crippen LogP contribution >= 0.6 is 0 Å². The van der Waals surface area contributed by atoms with Gasteiger partial charge < -0.3 is 5.11 Å². The summed E-state index contributed by atoms with van der Waals surface area (Å²) in [6.07, 6.45) is 9.89. The van der Waals surface area contributed by atoms with Crippen LogP contribution < -0.4 is 0 Å². The Kier molecular flexibility index (Phi) is 12.8. The fourth-order valence-electron chi connectivity index (χ4n) is 2.69. The first kappa shape index (κ1) is 21.2. The molecule has 23 heavy (non-hydrogen) atoms. The van der Waals surface area contributed by atoms with E-state index in [1.165, 1.54) is 6.08 Å². The highest BCUT2D eigenvalue weighted by atomic mass is 16.4. The van der Waals surface area contributed by atoms with Crippen LogP contribution in [-0.2, 0) is 14.4 Å². The number of carboxylic acids is 1. The van der Waals surface area contributed by atoms with E-state index < -0.39 is 11.9 Å². The third-order valence-electron chi connectivity index (χ3n) is 3.99. The van der Waals surface area contributed by atoms with Crippen LogP contribution in [0, 0.1) is 5.92 Å². The maximum Gasteiger partial charge on any atom is 0.306 e. The molecule has 0 aromatic rings. The number of nitrogens with zero attached hydrogens (tertiary/aromatic N) is 2. The molecule has 130 valence electrons. The van der Waals surface area contributed by atoms with Crippen molar-refractivity contribution in [3.8, 4) is 0 Å². The summed E-state index contributed by atoms with van der Waals surface area (Å²) in [6.45, 7) is 4.03. The van der Waals surface area contributed by atoms with E-state index in [0.717, 1.165) is 32.1 Å². The molecule has 1 N–H and O–H groups in total. The second kappa shape index (κ2) is 13.9. The first-order valence-corrected chi connectivity index (χ1v) is 8.45. The first-order valence-electron chi connectivity index (χ1n) is 8.45. The van der Waals surface area contributed by atoms with Crippen molar-refractivity contribution in [2.45, 2.75) is 83.7 Å². The highest BCUT2D eigenvalue weighted by Gasteiger charge is 2.22. The minimum Gasteiger partial charge on any atom is -0.481 e. The number of hydrogen-bond donors (Lipinski definition) is 1. The van der Waals surface area contributed by atoms with Crippen LogP contribution in [0.1, 0.15) is 71.6 Å². The Morgan fingerprint density at radius 2 is 1.52 bits per heavy atom. The Bertz CT molecular complexity index is 426. The molecule has 0 bridgehead atoms. The number of isocyanates is 2. The molecule has 0 amide bonds. The van der Waals surface area contributed by atoms with Crippen molar-refractivity contribution in [2.75, 3.05) is 0 Å². The summed E-state index contributed by atoms with van der Waals surface area (Å²) in [5.41, 5.74) is 0. The van der Waals surface area contributed by atoms with Gasteiger partial charge in [-0.2, -0.15) is 0 Å². The average molecular weight is 324 g/mol. The minimum absolute atomic E-state index is 0.127. The summed E-state index contributed by atoms with van der Waals surface area (Å²) in [4.78, 5) is 39.9. The van der Waals surface area contributed by atoms with Crippen molar-refractivity contribution in [2.24, 2.45) is 15.9 Å². The molecule has 0 aliphatic rings. The van der Waals surface area contributed by atoms with E-state index >= 15 is 0 Å². The van der Waals surface area contributed by atoms with Gasteiger partial charge in [0.25, 0.3) is 0 Å². The van der Waals surface area contributed by atoms with Gasteiger partial charge in [-0.05, 0) is 32.1 Å². The summed E-state index contributed by atoms with van der Waals surface area (Å²) >= 11 is 0. The van der Waals surface area contributed by atoms with Crippen molar-refractivity contribution in [3.05, 3.63) is 0 Å². The molecule has 0 heterocycles. The normalized spacial score (nSPS) is 14.2. The number of aliphatic carboxylic acids is 1. The van der Waals surface area contributed by atoms with Gasteiger partial charge in [0, 0.05) is 0 Å². The van der Waals surface area contributed by atoms with Crippen LogP contribution in [0.5, 0.6) is 0 Å². The van der Waals surface area contributed by atoms with E-state index in [0.29, 0.717) is 25.7 Å². The van der Waals surface area contributed by atoms with Gasteiger partial charge >= 0.3 is 5.97 Å². The fraction of sp³-hybridized carbons (Fsp3) is 0.824. The first-order chi connectivity index (χ1) is 11.1. The lowest BCUT2D eigenvalue weighted by Gasteiger charge is -2.18. The fourth-order valence-corrected chi connectivity index (χ4v) is 2.69. The molecule has 0 aliphatic carbocycles. The Labute approximate surface area is 138 Å². The molecule has 0 spiro atoms. The molecule has 3 unspecified atom stereocenters. The maximum atomic E-state index is 11.2. The molecular formula is C17H28N2O4. The van der Waals surface area contributed by atoms with Crippen LogP contribution in [0.25, 0.3) is 0 Å². The number of rotatable bonds is 14. The highest BCUT2D eigenvalue weighted by molar-refractivity contribution is 5.70. The van der Waals surface area contributed by atoms with Gasteiger partial charge in [-0.3, -0.25) is 4.79 Å². The number of hydrogen-bond acceptors (Lipinski definition) is 5. The number of unbranched alkanes of at least 4 members (excludes halogenated alkanes) is 2. The van der Waals surface area contributed by atoms with E-state index in [2.05, 4.69) is 16.9 Å². The van der Waals surface area contributed by atoms with Crippen molar-refractivity contribution < 1.29 is 19.5 Å². The molecule has 0 aromatic heterocycles. The zero-order valence-corrected chi connectivity index (χ0v) is 14.2. The third kappa shape index (κ3) is 10.6. The van der Waals surface area contributed by atoms with Crippen molar-refractivity contribution in [3.63, 3.8) is 0 Å². The van der Waals surface area contributed by atoms with Crippen LogP contribution in [0.2, 0.25) is 0 Å². The van der Waals surface area contributed by atoms with Gasteiger partial charge in [0.2, 0.25) is 12.2 Å². The summed E-state index contributed by atoms with van der Waals surface area (Å²) in [5.74, 6) is -1.36. The second-order valence-electron chi connectivity index (χ2n) is 5.88. The Morgan fingerprint density at radius 3 is 2.04 bits per heavy atom. The van der Waals surface area contributed by atoms with Crippen LogP contribution in [-0.4, -0.2) is 35.3 Å². The maximum absolute atomic E-state index is 11.2. The number of aliphatic imine (C=N–C) groups is 2. The SMILES string of the molecule is CCCCCC(CCC(CC(CCC)C(=O)O)N=C=O)N=C=O. The van der Waals surface area contributed by atoms with Gasteiger partial charge in [-0.1, -0.05) is 39.5 Å². The summed E-state index contributed by atoms with van der Waals surface area (Å²) in [6, 6.07) is -0.506. The van der Waals surface area contributed by atoms with E-state index in [4.69, 9.17) is 0 Å². The predicted molar refractivity (Wildman–Crippen MR) is 87.8 cm³/mol. The quantitative estimate of drug-likeness (QED) is 0.300. The molecule has 6 heteroatoms. The van der Waals surface area contributed by atoms with Crippen molar-refractivity contribution in [1.82, 2.24) is 0 Å². The molecule has 0 fully saturated rings. The monoisotopic (exact) mass is 324 g/mol. The summed E-state index contributed by atoms with van der Waals surface area (Å²) in [7, 11) is 0. The lowest BCUT2D eigenvalue weighted by molar-refractivity contribution is -0.142. The molecule has 0 aliphatic heterocycles. The molecule has 3 atom stereocenters. The van der Waals surface area contributed by atoms with Crippen molar-refractivity contribution in [1.29, 1.82) is 0 Å². The van der Waals surface area contributed by atoms with Gasteiger partial charge in [-0.25, -0.2) is 19.6 Å². The number of carbonyl (C=O) groups is 1. The van der Waals surface area contributed by atoms with Gasteiger partial charge in [0.15, 0.2) is 0 Å². The zero-order chi connectivity index (χ0) is 17.5. The minimum atomic E-state index is -0.858. The highest BCUT2D eigenvalue weighted by Crippen LogP contribution is 2.21. The molecule has 0 saturated heterocycles. The summed E-state index contributed by atoms with van der Waals surface area (Å²) < 4.78 is 0. The van der Waals surface area contributed by atoms with Gasteiger partial charge in [-0.15, -0.1) is 0 Å².